The lowest BCUT2D eigenvalue weighted by molar-refractivity contribution is 0.0879. The van der Waals surface area contributed by atoms with Crippen molar-refractivity contribution in [2.45, 2.75) is 44.2 Å². The fourth-order valence-corrected chi connectivity index (χ4v) is 4.81. The largest absolute Gasteiger partial charge is 0.399 e. The Morgan fingerprint density at radius 1 is 1.18 bits per heavy atom. The van der Waals surface area contributed by atoms with Crippen LogP contribution in [0.25, 0.3) is 22.3 Å². The number of nitrogen functional groups attached to an aromatic ring is 1. The van der Waals surface area contributed by atoms with Gasteiger partial charge in [-0.05, 0) is 62.9 Å². The van der Waals surface area contributed by atoms with Gasteiger partial charge in [0.25, 0.3) is 5.91 Å². The number of hydrogen-bond acceptors (Lipinski definition) is 6. The lowest BCUT2D eigenvalue weighted by Gasteiger charge is -2.39. The van der Waals surface area contributed by atoms with Crippen LogP contribution in [0.15, 0.2) is 54.7 Å². The van der Waals surface area contributed by atoms with E-state index in [0.29, 0.717) is 33.6 Å². The highest BCUT2D eigenvalue weighted by Crippen LogP contribution is 2.33. The predicted molar refractivity (Wildman–Crippen MR) is 135 cm³/mol. The van der Waals surface area contributed by atoms with E-state index in [1.54, 1.807) is 30.5 Å². The fourth-order valence-electron chi connectivity index (χ4n) is 4.63. The second-order valence-electron chi connectivity index (χ2n) is 9.08. The topological polar surface area (TPSA) is 122 Å². The molecule has 5 rings (SSSR count). The van der Waals surface area contributed by atoms with Crippen molar-refractivity contribution in [3.63, 3.8) is 0 Å². The number of nitrogens with one attached hydrogen (secondary N) is 3. The fraction of sp³-hybridized carbons (Fsp3) is 0.280. The number of anilines is 2. The number of fused-ring (bicyclic) bond motifs is 1. The molecule has 0 saturated heterocycles. The van der Waals surface area contributed by atoms with Gasteiger partial charge in [-0.2, -0.15) is 5.10 Å². The molecule has 9 heteroatoms. The van der Waals surface area contributed by atoms with Gasteiger partial charge < -0.3 is 16.4 Å². The number of benzene rings is 2. The number of nitrogens with zero attached hydrogens (tertiary/aromatic N) is 3. The molecule has 2 heterocycles. The van der Waals surface area contributed by atoms with Crippen molar-refractivity contribution in [3.05, 3.63) is 65.3 Å². The van der Waals surface area contributed by atoms with Crippen molar-refractivity contribution in [2.75, 3.05) is 11.1 Å². The molecule has 0 bridgehead atoms. The quantitative estimate of drug-likeness (QED) is 0.307. The minimum atomic E-state index is -0.345. The minimum Gasteiger partial charge on any atom is -0.399 e. The van der Waals surface area contributed by atoms with E-state index in [2.05, 4.69) is 37.7 Å². The number of H-pyrrole nitrogens is 1. The number of carbonyl (C=O) groups is 1. The highest BCUT2D eigenvalue weighted by atomic mass is 35.5. The molecular formula is C25H26ClN7O. The molecule has 174 valence electrons. The molecule has 0 radical (unpaired) electrons. The summed E-state index contributed by atoms with van der Waals surface area (Å²) in [5.41, 5.74) is 8.81. The summed E-state index contributed by atoms with van der Waals surface area (Å²) in [5, 5.41) is 15.5. The summed E-state index contributed by atoms with van der Waals surface area (Å²) in [4.78, 5) is 21.9. The van der Waals surface area contributed by atoms with Crippen LogP contribution in [0, 0.1) is 0 Å². The van der Waals surface area contributed by atoms with Crippen LogP contribution in [0.4, 0.5) is 11.6 Å². The van der Waals surface area contributed by atoms with Crippen LogP contribution in [-0.2, 0) is 0 Å². The average molecular weight is 476 g/mol. The van der Waals surface area contributed by atoms with E-state index in [1.807, 2.05) is 24.3 Å². The van der Waals surface area contributed by atoms with Crippen LogP contribution in [0.3, 0.4) is 0 Å². The molecule has 5 N–H and O–H groups in total. The van der Waals surface area contributed by atoms with Crippen LogP contribution in [0.1, 0.15) is 43.0 Å². The second kappa shape index (κ2) is 8.95. The number of halogens is 1. The summed E-state index contributed by atoms with van der Waals surface area (Å²) in [6.07, 6.45) is 5.18. The first-order chi connectivity index (χ1) is 16.4. The van der Waals surface area contributed by atoms with Crippen LogP contribution >= 0.6 is 11.6 Å². The summed E-state index contributed by atoms with van der Waals surface area (Å²) in [5.74, 6) is 0.393. The predicted octanol–water partition coefficient (Wildman–Crippen LogP) is 4.80. The van der Waals surface area contributed by atoms with E-state index >= 15 is 0 Å². The SMILES string of the molecule is C[C@]1(NC(=O)c2ccc(N)cc2)CCC[C@@H](Nc2ncc(Cl)c(-c3n[nH]c4ccccc34)n2)C1. The van der Waals surface area contributed by atoms with E-state index in [9.17, 15) is 4.79 Å². The lowest BCUT2D eigenvalue weighted by atomic mass is 9.80. The van der Waals surface area contributed by atoms with Crippen molar-refractivity contribution in [3.8, 4) is 11.4 Å². The lowest BCUT2D eigenvalue weighted by Crippen LogP contribution is -2.51. The Kier molecular flexibility index (Phi) is 5.83. The molecule has 4 aromatic rings. The van der Waals surface area contributed by atoms with Crippen molar-refractivity contribution in [1.82, 2.24) is 25.5 Å². The van der Waals surface area contributed by atoms with E-state index < -0.39 is 0 Å². The monoisotopic (exact) mass is 475 g/mol. The Bertz CT molecular complexity index is 1340. The zero-order valence-electron chi connectivity index (χ0n) is 18.8. The average Bonchev–Trinajstić information content (AvgIpc) is 3.24. The number of amides is 1. The Morgan fingerprint density at radius 2 is 1.97 bits per heavy atom. The molecule has 0 aliphatic heterocycles. The standard InChI is InChI=1S/C25H26ClN7O/c1-25(31-23(34)15-8-10-16(27)11-9-15)12-4-5-17(13-25)29-24-28-14-19(26)22(30-24)21-18-6-2-3-7-20(18)32-33-21/h2-3,6-11,14,17H,4-5,12-13,27H2,1H3,(H,31,34)(H,32,33)(H,28,29,30)/t17-,25+/m1/s1. The summed E-state index contributed by atoms with van der Waals surface area (Å²) < 4.78 is 0. The molecular weight excluding hydrogens is 450 g/mol. The molecule has 2 aromatic carbocycles. The first-order valence-electron chi connectivity index (χ1n) is 11.3. The molecule has 2 atom stereocenters. The maximum atomic E-state index is 12.8. The zero-order chi connectivity index (χ0) is 23.7. The van der Waals surface area contributed by atoms with Gasteiger partial charge in [0, 0.05) is 28.2 Å². The third-order valence-electron chi connectivity index (χ3n) is 6.34. The van der Waals surface area contributed by atoms with Crippen LogP contribution in [0.5, 0.6) is 0 Å². The summed E-state index contributed by atoms with van der Waals surface area (Å²) >= 11 is 6.44. The molecule has 1 fully saturated rings. The highest BCUT2D eigenvalue weighted by Gasteiger charge is 2.34. The van der Waals surface area contributed by atoms with Crippen molar-refractivity contribution >= 4 is 40.0 Å². The highest BCUT2D eigenvalue weighted by molar-refractivity contribution is 6.33. The van der Waals surface area contributed by atoms with Crippen molar-refractivity contribution in [1.29, 1.82) is 0 Å². The Balaban J connectivity index is 1.32. The molecule has 1 aliphatic carbocycles. The van der Waals surface area contributed by atoms with Gasteiger partial charge in [-0.1, -0.05) is 29.8 Å². The second-order valence-corrected chi connectivity index (χ2v) is 9.49. The molecule has 1 aliphatic rings. The maximum Gasteiger partial charge on any atom is 0.251 e. The number of rotatable bonds is 5. The number of para-hydroxylation sites is 1. The summed E-state index contributed by atoms with van der Waals surface area (Å²) in [6.45, 7) is 2.08. The van der Waals surface area contributed by atoms with Crippen LogP contribution in [0.2, 0.25) is 5.02 Å². The molecule has 1 saturated carbocycles. The molecule has 2 aromatic heterocycles. The van der Waals surface area contributed by atoms with Crippen LogP contribution in [-0.4, -0.2) is 37.7 Å². The Labute approximate surface area is 202 Å². The van der Waals surface area contributed by atoms with Gasteiger partial charge in [0.2, 0.25) is 5.95 Å². The van der Waals surface area contributed by atoms with Gasteiger partial charge in [0.15, 0.2) is 0 Å². The maximum absolute atomic E-state index is 12.8. The van der Waals surface area contributed by atoms with Crippen molar-refractivity contribution < 1.29 is 4.79 Å². The van der Waals surface area contributed by atoms with Gasteiger partial charge in [0.1, 0.15) is 11.4 Å². The third kappa shape index (κ3) is 4.54. The van der Waals surface area contributed by atoms with Gasteiger partial charge in [-0.3, -0.25) is 9.89 Å². The number of hydrogen-bond donors (Lipinski definition) is 4. The Morgan fingerprint density at radius 3 is 2.79 bits per heavy atom. The molecule has 34 heavy (non-hydrogen) atoms. The number of aromatic nitrogens is 4. The zero-order valence-corrected chi connectivity index (χ0v) is 19.6. The van der Waals surface area contributed by atoms with Gasteiger partial charge >= 0.3 is 0 Å². The van der Waals surface area contributed by atoms with Crippen LogP contribution < -0.4 is 16.4 Å². The van der Waals surface area contributed by atoms with E-state index in [-0.39, 0.29) is 17.5 Å². The first kappa shape index (κ1) is 22.2. The molecule has 1 amide bonds. The number of carbonyl (C=O) groups excluding carboxylic acids is 1. The first-order valence-corrected chi connectivity index (χ1v) is 11.7. The van der Waals surface area contributed by atoms with Crippen molar-refractivity contribution in [2.24, 2.45) is 0 Å². The van der Waals surface area contributed by atoms with Gasteiger partial charge in [0.05, 0.1) is 16.7 Å². The molecule has 0 spiro atoms. The van der Waals surface area contributed by atoms with E-state index in [4.69, 9.17) is 17.3 Å². The third-order valence-corrected chi connectivity index (χ3v) is 6.61. The number of aromatic amines is 1. The van der Waals surface area contributed by atoms with Gasteiger partial charge in [-0.15, -0.1) is 0 Å². The normalized spacial score (nSPS) is 20.2. The van der Waals surface area contributed by atoms with E-state index in [1.165, 1.54) is 0 Å². The van der Waals surface area contributed by atoms with Gasteiger partial charge in [-0.25, -0.2) is 9.97 Å². The number of nitrogens with two attached hydrogens (primary N) is 1. The molecule has 0 unspecified atom stereocenters. The van der Waals surface area contributed by atoms with E-state index in [0.717, 1.165) is 36.6 Å². The molecule has 8 nitrogen and oxygen atoms in total. The Hall–Kier alpha value is -3.65. The minimum absolute atomic E-state index is 0.0985. The summed E-state index contributed by atoms with van der Waals surface area (Å²) in [7, 11) is 0. The smallest absolute Gasteiger partial charge is 0.251 e. The summed E-state index contributed by atoms with van der Waals surface area (Å²) in [6, 6.07) is 14.9.